The lowest BCUT2D eigenvalue weighted by molar-refractivity contribution is 0.239. The molecule has 0 saturated heterocycles. The first-order chi connectivity index (χ1) is 10.2. The van der Waals surface area contributed by atoms with Gasteiger partial charge in [-0.05, 0) is 25.8 Å². The van der Waals surface area contributed by atoms with Crippen LogP contribution in [0.15, 0.2) is 22.7 Å². The van der Waals surface area contributed by atoms with E-state index in [0.29, 0.717) is 17.6 Å². The van der Waals surface area contributed by atoms with Gasteiger partial charge in [0, 0.05) is 23.6 Å². The molecular weight excluding hydrogens is 270 g/mol. The molecular formula is C15H19N3O3. The highest BCUT2D eigenvalue weighted by Crippen LogP contribution is 2.38. The fourth-order valence-corrected chi connectivity index (χ4v) is 2.12. The quantitative estimate of drug-likeness (QED) is 0.880. The van der Waals surface area contributed by atoms with Gasteiger partial charge in [-0.1, -0.05) is 11.2 Å². The lowest BCUT2D eigenvalue weighted by Gasteiger charge is -2.14. The number of aromatic nitrogens is 2. The van der Waals surface area contributed by atoms with Crippen LogP contribution in [0, 0.1) is 0 Å². The Hall–Kier alpha value is -2.08. The molecule has 1 atom stereocenters. The van der Waals surface area contributed by atoms with Crippen molar-refractivity contribution in [2.45, 2.75) is 38.3 Å². The molecule has 1 aromatic heterocycles. The summed E-state index contributed by atoms with van der Waals surface area (Å²) < 4.78 is 16.2. The summed E-state index contributed by atoms with van der Waals surface area (Å²) in [4.78, 5) is 4.34. The summed E-state index contributed by atoms with van der Waals surface area (Å²) in [6.07, 6.45) is 2.29. The van der Waals surface area contributed by atoms with Gasteiger partial charge in [0.2, 0.25) is 0 Å². The van der Waals surface area contributed by atoms with E-state index in [-0.39, 0.29) is 12.6 Å². The van der Waals surface area contributed by atoms with Crippen molar-refractivity contribution in [3.8, 4) is 11.5 Å². The Labute approximate surface area is 123 Å². The highest BCUT2D eigenvalue weighted by atomic mass is 16.5. The number of nitrogens with two attached hydrogens (primary N) is 1. The Kier molecular flexibility index (Phi) is 3.79. The summed E-state index contributed by atoms with van der Waals surface area (Å²) in [6.45, 7) is 2.14. The zero-order valence-corrected chi connectivity index (χ0v) is 12.2. The molecule has 21 heavy (non-hydrogen) atoms. The van der Waals surface area contributed by atoms with Crippen LogP contribution in [-0.2, 0) is 6.61 Å². The van der Waals surface area contributed by atoms with Crippen LogP contribution in [-0.4, -0.2) is 17.3 Å². The first-order valence-electron chi connectivity index (χ1n) is 7.06. The molecule has 0 radical (unpaired) electrons. The van der Waals surface area contributed by atoms with E-state index in [9.17, 15) is 0 Å². The van der Waals surface area contributed by atoms with Crippen LogP contribution in [0.2, 0.25) is 0 Å². The number of benzene rings is 1. The molecule has 0 amide bonds. The summed E-state index contributed by atoms with van der Waals surface area (Å²) in [7, 11) is 1.62. The van der Waals surface area contributed by atoms with Crippen LogP contribution in [0.3, 0.4) is 0 Å². The molecule has 1 aliphatic carbocycles. The van der Waals surface area contributed by atoms with Gasteiger partial charge in [0.1, 0.15) is 11.5 Å². The van der Waals surface area contributed by atoms with Gasteiger partial charge in [-0.25, -0.2) is 0 Å². The van der Waals surface area contributed by atoms with Crippen molar-refractivity contribution in [1.29, 1.82) is 0 Å². The molecule has 2 N–H and O–H groups in total. The molecule has 6 heteroatoms. The summed E-state index contributed by atoms with van der Waals surface area (Å²) in [6, 6.07) is 5.46. The van der Waals surface area contributed by atoms with Gasteiger partial charge in [0.25, 0.3) is 5.89 Å². The largest absolute Gasteiger partial charge is 0.497 e. The molecule has 1 saturated carbocycles. The molecule has 1 aliphatic rings. The van der Waals surface area contributed by atoms with Crippen LogP contribution in [0.5, 0.6) is 11.5 Å². The second kappa shape index (κ2) is 5.73. The van der Waals surface area contributed by atoms with Crippen LogP contribution in [0.25, 0.3) is 0 Å². The average molecular weight is 289 g/mol. The van der Waals surface area contributed by atoms with E-state index in [2.05, 4.69) is 10.1 Å². The molecule has 1 fully saturated rings. The van der Waals surface area contributed by atoms with Crippen molar-refractivity contribution in [2.24, 2.45) is 5.73 Å². The maximum Gasteiger partial charge on any atom is 0.264 e. The highest BCUT2D eigenvalue weighted by molar-refractivity contribution is 5.42. The van der Waals surface area contributed by atoms with Crippen molar-refractivity contribution < 1.29 is 14.0 Å². The third-order valence-electron chi connectivity index (χ3n) is 3.49. The molecule has 0 spiro atoms. The van der Waals surface area contributed by atoms with Gasteiger partial charge in [-0.2, -0.15) is 4.98 Å². The molecule has 0 unspecified atom stereocenters. The minimum absolute atomic E-state index is 0.129. The molecule has 6 nitrogen and oxygen atoms in total. The minimum Gasteiger partial charge on any atom is -0.497 e. The Morgan fingerprint density at radius 1 is 1.43 bits per heavy atom. The van der Waals surface area contributed by atoms with E-state index >= 15 is 0 Å². The molecule has 0 aliphatic heterocycles. The van der Waals surface area contributed by atoms with Gasteiger partial charge >= 0.3 is 0 Å². The monoisotopic (exact) mass is 289 g/mol. The zero-order chi connectivity index (χ0) is 14.8. The van der Waals surface area contributed by atoms with Crippen molar-refractivity contribution in [3.05, 3.63) is 35.5 Å². The SMILES string of the molecule is COc1ccc([C@@H](C)N)c(OCc2nc(C3CC3)no2)c1. The van der Waals surface area contributed by atoms with Crippen LogP contribution < -0.4 is 15.2 Å². The number of hydrogen-bond donors (Lipinski definition) is 1. The fourth-order valence-electron chi connectivity index (χ4n) is 2.12. The van der Waals surface area contributed by atoms with E-state index < -0.39 is 0 Å². The predicted octanol–water partition coefficient (Wildman–Crippen LogP) is 2.55. The van der Waals surface area contributed by atoms with Gasteiger partial charge in [-0.15, -0.1) is 0 Å². The number of hydrogen-bond acceptors (Lipinski definition) is 6. The summed E-state index contributed by atoms with van der Waals surface area (Å²) >= 11 is 0. The normalized spacial score (nSPS) is 15.8. The van der Waals surface area contributed by atoms with E-state index in [1.165, 1.54) is 0 Å². The van der Waals surface area contributed by atoms with Crippen LogP contribution >= 0.6 is 0 Å². The number of nitrogens with zero attached hydrogens (tertiary/aromatic N) is 2. The molecule has 112 valence electrons. The topological polar surface area (TPSA) is 83.4 Å². The average Bonchev–Trinajstić information content (AvgIpc) is 3.23. The van der Waals surface area contributed by atoms with E-state index in [1.54, 1.807) is 7.11 Å². The Morgan fingerprint density at radius 3 is 2.90 bits per heavy atom. The van der Waals surface area contributed by atoms with Crippen molar-refractivity contribution in [3.63, 3.8) is 0 Å². The second-order valence-corrected chi connectivity index (χ2v) is 5.30. The van der Waals surface area contributed by atoms with Crippen molar-refractivity contribution in [1.82, 2.24) is 10.1 Å². The van der Waals surface area contributed by atoms with E-state index in [1.807, 2.05) is 25.1 Å². The minimum atomic E-state index is -0.129. The Morgan fingerprint density at radius 2 is 2.24 bits per heavy atom. The smallest absolute Gasteiger partial charge is 0.264 e. The Bertz CT molecular complexity index is 620. The lowest BCUT2D eigenvalue weighted by atomic mass is 10.1. The summed E-state index contributed by atoms with van der Waals surface area (Å²) in [5, 5.41) is 3.97. The first kappa shape index (κ1) is 13.9. The van der Waals surface area contributed by atoms with E-state index in [4.69, 9.17) is 19.7 Å². The molecule has 3 rings (SSSR count). The maximum absolute atomic E-state index is 5.95. The predicted molar refractivity (Wildman–Crippen MR) is 76.2 cm³/mol. The van der Waals surface area contributed by atoms with Gasteiger partial charge in [0.05, 0.1) is 7.11 Å². The van der Waals surface area contributed by atoms with Gasteiger partial charge < -0.3 is 19.7 Å². The number of methoxy groups -OCH3 is 1. The van der Waals surface area contributed by atoms with Crippen LogP contribution in [0.1, 0.15) is 49.0 Å². The molecule has 2 aromatic rings. The highest BCUT2D eigenvalue weighted by Gasteiger charge is 2.28. The fraction of sp³-hybridized carbons (Fsp3) is 0.467. The molecule has 0 bridgehead atoms. The van der Waals surface area contributed by atoms with Crippen LogP contribution in [0.4, 0.5) is 0 Å². The standard InChI is InChI=1S/C15H19N3O3/c1-9(16)12-6-5-11(19-2)7-13(12)20-8-14-17-15(18-21-14)10-3-4-10/h5-7,9-10H,3-4,8,16H2,1-2H3/t9-/m1/s1. The lowest BCUT2D eigenvalue weighted by Crippen LogP contribution is -2.08. The van der Waals surface area contributed by atoms with Gasteiger partial charge in [0.15, 0.2) is 12.4 Å². The number of rotatable bonds is 6. The summed E-state index contributed by atoms with van der Waals surface area (Å²) in [5.41, 5.74) is 6.87. The number of ether oxygens (including phenoxy) is 2. The first-order valence-corrected chi connectivity index (χ1v) is 7.06. The second-order valence-electron chi connectivity index (χ2n) is 5.30. The Balaban J connectivity index is 1.73. The third-order valence-corrected chi connectivity index (χ3v) is 3.49. The summed E-state index contributed by atoms with van der Waals surface area (Å²) in [5.74, 6) is 3.13. The van der Waals surface area contributed by atoms with Gasteiger partial charge in [-0.3, -0.25) is 0 Å². The van der Waals surface area contributed by atoms with Crippen molar-refractivity contribution in [2.75, 3.05) is 7.11 Å². The molecule has 1 aromatic carbocycles. The zero-order valence-electron chi connectivity index (χ0n) is 12.2. The third kappa shape index (κ3) is 3.16. The maximum atomic E-state index is 5.95. The molecule has 1 heterocycles. The van der Waals surface area contributed by atoms with E-state index in [0.717, 1.165) is 30.0 Å². The van der Waals surface area contributed by atoms with Crippen molar-refractivity contribution >= 4 is 0 Å².